The van der Waals surface area contributed by atoms with Crippen molar-refractivity contribution in [2.75, 3.05) is 0 Å². The summed E-state index contributed by atoms with van der Waals surface area (Å²) in [7, 11) is 0. The summed E-state index contributed by atoms with van der Waals surface area (Å²) in [6, 6.07) is 10.2. The lowest BCUT2D eigenvalue weighted by atomic mass is 10.1. The Bertz CT molecular complexity index is 673. The van der Waals surface area contributed by atoms with Crippen LogP contribution < -0.4 is 0 Å². The number of hydrogen-bond donors (Lipinski definition) is 3. The number of phenols is 3. The van der Waals surface area contributed by atoms with Crippen molar-refractivity contribution in [3.63, 3.8) is 0 Å². The molecule has 0 amide bonds. The molecule has 0 saturated heterocycles. The Hall–Kier alpha value is -2.33. The van der Waals surface area contributed by atoms with Crippen molar-refractivity contribution in [2.45, 2.75) is 6.92 Å². The van der Waals surface area contributed by atoms with Crippen molar-refractivity contribution >= 4 is 23.2 Å². The highest BCUT2D eigenvalue weighted by Crippen LogP contribution is 2.33. The first-order valence-corrected chi connectivity index (χ1v) is 6.42. The van der Waals surface area contributed by atoms with E-state index in [0.717, 1.165) is 17.2 Å². The number of aryl methyl sites for hydroxylation is 1. The van der Waals surface area contributed by atoms with Gasteiger partial charge in [-0.15, -0.1) is 0 Å². The second-order valence-electron chi connectivity index (χ2n) is 4.47. The lowest BCUT2D eigenvalue weighted by Crippen LogP contribution is -1.92. The van der Waals surface area contributed by atoms with Crippen LogP contribution in [-0.2, 0) is 0 Å². The third-order valence-corrected chi connectivity index (χ3v) is 3.23. The van der Waals surface area contributed by atoms with Gasteiger partial charge in [0.15, 0.2) is 11.5 Å². The third kappa shape index (κ3) is 3.16. The fourth-order valence-electron chi connectivity index (χ4n) is 1.73. The van der Waals surface area contributed by atoms with E-state index >= 15 is 0 Å². The Balaban J connectivity index is 2.25. The van der Waals surface area contributed by atoms with Crippen LogP contribution in [0.1, 0.15) is 16.7 Å². The molecule has 102 valence electrons. The van der Waals surface area contributed by atoms with Gasteiger partial charge in [-0.1, -0.05) is 42.0 Å². The normalized spacial score (nSPS) is 10.8. The number of rotatable bonds is 3. The number of allylic oxidation sites excluding steroid dienone is 1. The van der Waals surface area contributed by atoms with Gasteiger partial charge in [-0.05, 0) is 30.7 Å². The molecule has 0 saturated carbocycles. The summed E-state index contributed by atoms with van der Waals surface area (Å²) >= 11 is 5.28. The quantitative estimate of drug-likeness (QED) is 0.265. The van der Waals surface area contributed by atoms with Crippen molar-refractivity contribution in [3.8, 4) is 17.2 Å². The minimum Gasteiger partial charge on any atom is -0.508 e. The number of thiocarbonyl (C=S) groups is 1. The lowest BCUT2D eigenvalue weighted by molar-refractivity contribution is 0.395. The zero-order chi connectivity index (χ0) is 14.7. The van der Waals surface area contributed by atoms with Gasteiger partial charge in [-0.3, -0.25) is 0 Å². The first-order chi connectivity index (χ1) is 9.47. The molecule has 0 radical (unpaired) electrons. The zero-order valence-electron chi connectivity index (χ0n) is 10.9. The third-order valence-electron chi connectivity index (χ3n) is 2.85. The van der Waals surface area contributed by atoms with Crippen molar-refractivity contribution < 1.29 is 15.3 Å². The summed E-state index contributed by atoms with van der Waals surface area (Å²) in [5.74, 6) is -0.780. The van der Waals surface area contributed by atoms with E-state index in [0.29, 0.717) is 10.4 Å². The second kappa shape index (κ2) is 5.75. The van der Waals surface area contributed by atoms with Crippen LogP contribution in [0, 0.1) is 6.92 Å². The minimum absolute atomic E-state index is 0.124. The predicted octanol–water partition coefficient (Wildman–Crippen LogP) is 3.54. The van der Waals surface area contributed by atoms with Crippen LogP contribution in [-0.4, -0.2) is 20.2 Å². The molecule has 0 aromatic heterocycles. The van der Waals surface area contributed by atoms with E-state index in [9.17, 15) is 15.3 Å². The Labute approximate surface area is 122 Å². The first-order valence-electron chi connectivity index (χ1n) is 6.01. The molecular weight excluding hydrogens is 272 g/mol. The van der Waals surface area contributed by atoms with Crippen LogP contribution >= 0.6 is 12.2 Å². The predicted molar refractivity (Wildman–Crippen MR) is 83.3 cm³/mol. The second-order valence-corrected chi connectivity index (χ2v) is 4.91. The van der Waals surface area contributed by atoms with E-state index in [1.54, 1.807) is 12.2 Å². The number of aromatic hydroxyl groups is 3. The number of hydrogen-bond acceptors (Lipinski definition) is 4. The topological polar surface area (TPSA) is 60.7 Å². The van der Waals surface area contributed by atoms with Crippen LogP contribution in [0.25, 0.3) is 6.08 Å². The van der Waals surface area contributed by atoms with Gasteiger partial charge in [-0.25, -0.2) is 0 Å². The average Bonchev–Trinajstić information content (AvgIpc) is 2.41. The standard InChI is InChI=1S/C16H14O3S/c1-10-2-4-11(5-3-10)15(20)7-6-12-8-13(17)9-14(18)16(12)19/h2-9,17-19H,1H3. The van der Waals surface area contributed by atoms with Gasteiger partial charge in [0.2, 0.25) is 0 Å². The molecule has 0 fully saturated rings. The van der Waals surface area contributed by atoms with Gasteiger partial charge in [0.25, 0.3) is 0 Å². The van der Waals surface area contributed by atoms with Gasteiger partial charge in [0.05, 0.1) is 0 Å². The number of phenolic OH excluding ortho intramolecular Hbond substituents is 3. The molecule has 0 heterocycles. The molecule has 3 nitrogen and oxygen atoms in total. The van der Waals surface area contributed by atoms with Crippen LogP contribution in [0.3, 0.4) is 0 Å². The van der Waals surface area contributed by atoms with E-state index in [1.165, 1.54) is 6.07 Å². The highest BCUT2D eigenvalue weighted by molar-refractivity contribution is 7.81. The fourth-order valence-corrected chi connectivity index (χ4v) is 1.94. The highest BCUT2D eigenvalue weighted by Gasteiger charge is 2.06. The smallest absolute Gasteiger partial charge is 0.165 e. The molecule has 0 atom stereocenters. The van der Waals surface area contributed by atoms with Gasteiger partial charge >= 0.3 is 0 Å². The van der Waals surface area contributed by atoms with Crippen molar-refractivity contribution in [1.29, 1.82) is 0 Å². The molecule has 0 aliphatic carbocycles. The molecular formula is C16H14O3S. The molecule has 2 aromatic rings. The summed E-state index contributed by atoms with van der Waals surface area (Å²) < 4.78 is 0. The Kier molecular flexibility index (Phi) is 4.05. The minimum atomic E-state index is -0.370. The molecule has 0 bridgehead atoms. The van der Waals surface area contributed by atoms with E-state index < -0.39 is 0 Å². The molecule has 4 heteroatoms. The van der Waals surface area contributed by atoms with Gasteiger partial charge in [-0.2, -0.15) is 0 Å². The van der Waals surface area contributed by atoms with E-state index in [-0.39, 0.29) is 17.2 Å². The molecule has 2 aromatic carbocycles. The van der Waals surface area contributed by atoms with Gasteiger partial charge in [0, 0.05) is 16.5 Å². The largest absolute Gasteiger partial charge is 0.508 e. The average molecular weight is 286 g/mol. The van der Waals surface area contributed by atoms with Crippen LogP contribution in [0.5, 0.6) is 17.2 Å². The SMILES string of the molecule is Cc1ccc(C(=S)C=Cc2cc(O)cc(O)c2O)cc1. The molecule has 0 aliphatic heterocycles. The summed E-state index contributed by atoms with van der Waals surface area (Å²) in [5.41, 5.74) is 2.35. The van der Waals surface area contributed by atoms with E-state index in [4.69, 9.17) is 12.2 Å². The van der Waals surface area contributed by atoms with Gasteiger partial charge in [0.1, 0.15) is 5.75 Å². The molecule has 20 heavy (non-hydrogen) atoms. The summed E-state index contributed by atoms with van der Waals surface area (Å²) in [6.45, 7) is 2.00. The molecule has 0 aliphatic rings. The summed E-state index contributed by atoms with van der Waals surface area (Å²) in [6.07, 6.45) is 3.20. The molecule has 0 unspecified atom stereocenters. The zero-order valence-corrected chi connectivity index (χ0v) is 11.7. The monoisotopic (exact) mass is 286 g/mol. The molecule has 3 N–H and O–H groups in total. The van der Waals surface area contributed by atoms with E-state index in [2.05, 4.69) is 0 Å². The highest BCUT2D eigenvalue weighted by atomic mass is 32.1. The number of benzene rings is 2. The summed E-state index contributed by atoms with van der Waals surface area (Å²) in [4.78, 5) is 0.604. The first kappa shape index (κ1) is 14.1. The Morgan fingerprint density at radius 2 is 1.70 bits per heavy atom. The van der Waals surface area contributed by atoms with Crippen molar-refractivity contribution in [2.24, 2.45) is 0 Å². The summed E-state index contributed by atoms with van der Waals surface area (Å²) in [5, 5.41) is 28.5. The van der Waals surface area contributed by atoms with Crippen molar-refractivity contribution in [1.82, 2.24) is 0 Å². The molecule has 0 spiro atoms. The maximum absolute atomic E-state index is 9.69. The van der Waals surface area contributed by atoms with Crippen LogP contribution in [0.15, 0.2) is 42.5 Å². The maximum Gasteiger partial charge on any atom is 0.165 e. The van der Waals surface area contributed by atoms with Crippen molar-refractivity contribution in [3.05, 3.63) is 59.2 Å². The lowest BCUT2D eigenvalue weighted by Gasteiger charge is -2.04. The van der Waals surface area contributed by atoms with Gasteiger partial charge < -0.3 is 15.3 Å². The van der Waals surface area contributed by atoms with Crippen LogP contribution in [0.2, 0.25) is 0 Å². The fraction of sp³-hybridized carbons (Fsp3) is 0.0625. The maximum atomic E-state index is 9.69. The molecule has 2 rings (SSSR count). The Morgan fingerprint density at radius 3 is 2.35 bits per heavy atom. The van der Waals surface area contributed by atoms with Crippen LogP contribution in [0.4, 0.5) is 0 Å². The Morgan fingerprint density at radius 1 is 1.05 bits per heavy atom. The van der Waals surface area contributed by atoms with E-state index in [1.807, 2.05) is 31.2 Å².